The second kappa shape index (κ2) is 10.3. The minimum absolute atomic E-state index is 0. The molecule has 1 aromatic heterocycles. The van der Waals surface area contributed by atoms with Crippen molar-refractivity contribution in [2.24, 2.45) is 0 Å². The smallest absolute Gasteiger partial charge is 0.263 e. The van der Waals surface area contributed by atoms with E-state index in [9.17, 15) is 0 Å². The summed E-state index contributed by atoms with van der Waals surface area (Å²) in [5.74, 6) is 0. The van der Waals surface area contributed by atoms with Crippen molar-refractivity contribution in [3.8, 4) is 0 Å². The van der Waals surface area contributed by atoms with Crippen LogP contribution in [0.15, 0.2) is 58.0 Å². The molecule has 4 rings (SSSR count). The van der Waals surface area contributed by atoms with Gasteiger partial charge in [0.15, 0.2) is 0 Å². The largest absolute Gasteiger partial charge is 1.00 e. The van der Waals surface area contributed by atoms with Crippen LogP contribution < -0.4 is 33.4 Å². The SMILES string of the molecule is CCC(=Cc1sc2ccc(Cl)cc2[n+]1CC)C=C1Sc2ccc(Cl)cc2N1CC.[I-]. The number of fused-ring (bicyclic) bond motifs is 2. The van der Waals surface area contributed by atoms with E-state index in [4.69, 9.17) is 23.2 Å². The van der Waals surface area contributed by atoms with Gasteiger partial charge in [-0.05, 0) is 62.2 Å². The Bertz CT molecular complexity index is 1140. The third kappa shape index (κ3) is 4.70. The molecule has 3 aromatic rings. The first-order valence-electron chi connectivity index (χ1n) is 9.83. The van der Waals surface area contributed by atoms with Crippen LogP contribution >= 0.6 is 46.3 Å². The van der Waals surface area contributed by atoms with E-state index in [1.807, 2.05) is 35.2 Å². The molecule has 7 heteroatoms. The van der Waals surface area contributed by atoms with Gasteiger partial charge in [0.2, 0.25) is 5.52 Å². The van der Waals surface area contributed by atoms with E-state index in [-0.39, 0.29) is 24.0 Å². The number of nitrogens with zero attached hydrogens (tertiary/aromatic N) is 2. The Kier molecular flexibility index (Phi) is 8.18. The molecule has 2 aromatic carbocycles. The number of rotatable bonds is 5. The highest BCUT2D eigenvalue weighted by Gasteiger charge is 2.24. The molecule has 2 heterocycles. The Hall–Kier alpha value is -0.730. The van der Waals surface area contributed by atoms with Gasteiger partial charge in [-0.2, -0.15) is 4.57 Å². The predicted molar refractivity (Wildman–Crippen MR) is 129 cm³/mol. The predicted octanol–water partition coefficient (Wildman–Crippen LogP) is 4.79. The van der Waals surface area contributed by atoms with Crippen molar-refractivity contribution in [2.75, 3.05) is 11.4 Å². The van der Waals surface area contributed by atoms with Crippen LogP contribution in [0.1, 0.15) is 32.2 Å². The average molecular weight is 589 g/mol. The fraction of sp³-hybridized carbons (Fsp3) is 0.261. The number of hydrogen-bond donors (Lipinski definition) is 0. The van der Waals surface area contributed by atoms with Crippen molar-refractivity contribution < 1.29 is 28.5 Å². The second-order valence-electron chi connectivity index (χ2n) is 6.81. The van der Waals surface area contributed by atoms with Crippen LogP contribution in [0.2, 0.25) is 10.0 Å². The molecule has 2 nitrogen and oxygen atoms in total. The fourth-order valence-corrected chi connectivity index (χ4v) is 6.28. The van der Waals surface area contributed by atoms with Gasteiger partial charge >= 0.3 is 0 Å². The zero-order valence-electron chi connectivity index (χ0n) is 17.1. The van der Waals surface area contributed by atoms with Crippen molar-refractivity contribution in [1.29, 1.82) is 0 Å². The average Bonchev–Trinajstić information content (AvgIpc) is 3.23. The van der Waals surface area contributed by atoms with Crippen molar-refractivity contribution in [2.45, 2.75) is 38.6 Å². The third-order valence-electron chi connectivity index (χ3n) is 5.04. The maximum absolute atomic E-state index is 6.24. The number of halogens is 3. The molecule has 30 heavy (non-hydrogen) atoms. The third-order valence-corrected chi connectivity index (χ3v) is 7.74. The van der Waals surface area contributed by atoms with E-state index < -0.39 is 0 Å². The Labute approximate surface area is 213 Å². The zero-order chi connectivity index (χ0) is 20.5. The van der Waals surface area contributed by atoms with Crippen LogP contribution in [0, 0.1) is 0 Å². The number of anilines is 1. The van der Waals surface area contributed by atoms with Gasteiger partial charge in [-0.25, -0.2) is 0 Å². The van der Waals surface area contributed by atoms with Crippen molar-refractivity contribution in [3.05, 3.63) is 68.1 Å². The Balaban J connectivity index is 0.00000256. The van der Waals surface area contributed by atoms with Crippen LogP contribution in [0.25, 0.3) is 16.3 Å². The lowest BCUT2D eigenvalue weighted by Gasteiger charge is -2.18. The molecule has 0 fully saturated rings. The maximum atomic E-state index is 6.24. The van der Waals surface area contributed by atoms with E-state index in [1.54, 1.807) is 0 Å². The summed E-state index contributed by atoms with van der Waals surface area (Å²) in [6, 6.07) is 12.3. The van der Waals surface area contributed by atoms with Crippen LogP contribution in [0.5, 0.6) is 0 Å². The van der Waals surface area contributed by atoms with Gasteiger partial charge in [-0.1, -0.05) is 53.2 Å². The number of thioether (sulfide) groups is 1. The molecule has 158 valence electrons. The van der Waals surface area contributed by atoms with E-state index in [1.165, 1.54) is 36.4 Å². The molecule has 0 aliphatic carbocycles. The lowest BCUT2D eigenvalue weighted by molar-refractivity contribution is -0.665. The summed E-state index contributed by atoms with van der Waals surface area (Å²) in [7, 11) is 0. The highest BCUT2D eigenvalue weighted by atomic mass is 127. The summed E-state index contributed by atoms with van der Waals surface area (Å²) in [6.45, 7) is 8.41. The van der Waals surface area contributed by atoms with Gasteiger partial charge in [-0.15, -0.1) is 0 Å². The molecule has 0 spiro atoms. The van der Waals surface area contributed by atoms with Crippen molar-refractivity contribution >= 4 is 68.3 Å². The van der Waals surface area contributed by atoms with E-state index >= 15 is 0 Å². The monoisotopic (exact) mass is 588 g/mol. The van der Waals surface area contributed by atoms with Gasteiger partial charge in [-0.3, -0.25) is 0 Å². The summed E-state index contributed by atoms with van der Waals surface area (Å²) in [5.41, 5.74) is 3.71. The molecule has 0 bridgehead atoms. The Morgan fingerprint density at radius 1 is 1.07 bits per heavy atom. The molecule has 0 amide bonds. The molecule has 1 aliphatic heterocycles. The number of allylic oxidation sites excluding steroid dienone is 2. The number of aromatic nitrogens is 1. The lowest BCUT2D eigenvalue weighted by atomic mass is 10.2. The number of aryl methyl sites for hydroxylation is 1. The first kappa shape index (κ1) is 23.9. The van der Waals surface area contributed by atoms with Gasteiger partial charge in [0.25, 0.3) is 5.01 Å². The number of hydrogen-bond acceptors (Lipinski definition) is 3. The number of benzene rings is 2. The summed E-state index contributed by atoms with van der Waals surface area (Å²) >= 11 is 16.1. The zero-order valence-corrected chi connectivity index (χ0v) is 22.4. The quantitative estimate of drug-likeness (QED) is 0.313. The first-order chi connectivity index (χ1) is 14.0. The van der Waals surface area contributed by atoms with E-state index in [0.717, 1.165) is 29.6 Å². The number of thiazole rings is 1. The normalized spacial score (nSPS) is 15.0. The second-order valence-corrected chi connectivity index (χ2v) is 9.81. The molecule has 0 radical (unpaired) electrons. The first-order valence-corrected chi connectivity index (χ1v) is 12.2. The van der Waals surface area contributed by atoms with Crippen molar-refractivity contribution in [1.82, 2.24) is 0 Å². The molecular weight excluding hydrogens is 566 g/mol. The van der Waals surface area contributed by atoms with Crippen molar-refractivity contribution in [3.63, 3.8) is 0 Å². The van der Waals surface area contributed by atoms with Crippen LogP contribution in [0.3, 0.4) is 0 Å². The Morgan fingerprint density at radius 2 is 1.80 bits per heavy atom. The van der Waals surface area contributed by atoms with Crippen LogP contribution in [-0.4, -0.2) is 6.54 Å². The highest BCUT2D eigenvalue weighted by Crippen LogP contribution is 2.47. The highest BCUT2D eigenvalue weighted by molar-refractivity contribution is 8.03. The minimum Gasteiger partial charge on any atom is -1.00 e. The standard InChI is InChI=1S/C23H23Cl2N2S2.HI/c1-4-15(11-22-26(5-2)18-13-16(24)7-9-20(18)28-22)12-23-27(6-3)19-14-17(25)8-10-21(19)29-23;/h7-14H,4-6H2,1-3H3;1H/q+1;/p-1. The fourth-order valence-electron chi connectivity index (χ4n) is 3.58. The molecule has 0 saturated heterocycles. The molecule has 0 N–H and O–H groups in total. The molecule has 0 unspecified atom stereocenters. The summed E-state index contributed by atoms with van der Waals surface area (Å²) in [5, 5.41) is 4.07. The molecule has 0 saturated carbocycles. The van der Waals surface area contributed by atoms with Gasteiger partial charge < -0.3 is 28.9 Å². The lowest BCUT2D eigenvalue weighted by Crippen LogP contribution is -3.00. The maximum Gasteiger partial charge on any atom is 0.263 e. The van der Waals surface area contributed by atoms with Crippen LogP contribution in [-0.2, 0) is 6.54 Å². The summed E-state index contributed by atoms with van der Waals surface area (Å²) in [4.78, 5) is 3.60. The van der Waals surface area contributed by atoms with Gasteiger partial charge in [0, 0.05) is 33.6 Å². The molecule has 1 aliphatic rings. The van der Waals surface area contributed by atoms with Gasteiger partial charge in [0.05, 0.1) is 10.7 Å². The van der Waals surface area contributed by atoms with Crippen LogP contribution in [0.4, 0.5) is 5.69 Å². The van der Waals surface area contributed by atoms with Gasteiger partial charge in [0.1, 0.15) is 11.2 Å². The topological polar surface area (TPSA) is 7.12 Å². The molecular formula is C23H23Cl2IN2S2. The van der Waals surface area contributed by atoms with E-state index in [2.05, 4.69) is 66.7 Å². The minimum atomic E-state index is 0. The summed E-state index contributed by atoms with van der Waals surface area (Å²) in [6.07, 6.45) is 5.61. The molecule has 0 atom stereocenters. The summed E-state index contributed by atoms with van der Waals surface area (Å²) < 4.78 is 3.60. The van der Waals surface area contributed by atoms with E-state index in [0.29, 0.717) is 0 Å². The Morgan fingerprint density at radius 3 is 2.50 bits per heavy atom.